The Bertz CT molecular complexity index is 982. The van der Waals surface area contributed by atoms with Crippen molar-refractivity contribution in [2.45, 2.75) is 51.6 Å². The van der Waals surface area contributed by atoms with Crippen LogP contribution in [0.2, 0.25) is 0 Å². The van der Waals surface area contributed by atoms with Gasteiger partial charge in [-0.1, -0.05) is 32.0 Å². The minimum atomic E-state index is -4.51. The number of hydroxylamine groups is 2. The van der Waals surface area contributed by atoms with Crippen LogP contribution in [0.25, 0.3) is 0 Å². The molecule has 2 saturated heterocycles. The Labute approximate surface area is 193 Å². The van der Waals surface area contributed by atoms with Gasteiger partial charge in [-0.15, -0.1) is 4.28 Å². The van der Waals surface area contributed by atoms with Crippen molar-refractivity contribution in [2.75, 3.05) is 19.8 Å². The summed E-state index contributed by atoms with van der Waals surface area (Å²) in [6.45, 7) is 3.76. The summed E-state index contributed by atoms with van der Waals surface area (Å²) < 4.78 is 39.9. The number of urea groups is 1. The van der Waals surface area contributed by atoms with Crippen LogP contribution in [0.1, 0.15) is 49.9 Å². The first-order valence-electron chi connectivity index (χ1n) is 10.7. The number of hydrogen-bond acceptors (Lipinski definition) is 8. The van der Waals surface area contributed by atoms with Gasteiger partial charge in [0.25, 0.3) is 0 Å². The van der Waals surface area contributed by atoms with Gasteiger partial charge in [-0.05, 0) is 43.2 Å². The topological polar surface area (TPSA) is 146 Å². The lowest BCUT2D eigenvalue weighted by Gasteiger charge is -2.27. The summed E-state index contributed by atoms with van der Waals surface area (Å²) in [5, 5.41) is 0.744. The number of nitrogens with zero attached hydrogens (tertiary/aromatic N) is 2. The van der Waals surface area contributed by atoms with E-state index in [1.807, 2.05) is 0 Å². The van der Waals surface area contributed by atoms with Crippen molar-refractivity contribution in [2.24, 2.45) is 11.1 Å². The Kier molecular flexibility index (Phi) is 7.60. The van der Waals surface area contributed by atoms with Gasteiger partial charge < -0.3 is 15.4 Å². The van der Waals surface area contributed by atoms with Crippen LogP contribution in [0.5, 0.6) is 0 Å². The zero-order valence-electron chi connectivity index (χ0n) is 18.6. The lowest BCUT2D eigenvalue weighted by molar-refractivity contribution is -0.122. The van der Waals surface area contributed by atoms with Crippen molar-refractivity contribution >= 4 is 28.3 Å². The minimum absolute atomic E-state index is 0.162. The van der Waals surface area contributed by atoms with Crippen LogP contribution in [0.3, 0.4) is 0 Å². The molecule has 1 aromatic carbocycles. The molecule has 1 unspecified atom stereocenters. The fourth-order valence-electron chi connectivity index (χ4n) is 3.82. The molecule has 2 heterocycles. The zero-order chi connectivity index (χ0) is 24.2. The number of rotatable bonds is 11. The van der Waals surface area contributed by atoms with E-state index in [1.165, 1.54) is 4.90 Å². The van der Waals surface area contributed by atoms with E-state index in [-0.39, 0.29) is 19.8 Å². The second-order valence-corrected chi connectivity index (χ2v) is 10.1. The third-order valence-corrected chi connectivity index (χ3v) is 6.41. The Morgan fingerprint density at radius 1 is 1.18 bits per heavy atom. The number of piperidine rings is 1. The zero-order valence-corrected chi connectivity index (χ0v) is 19.5. The molecule has 11 nitrogen and oxygen atoms in total. The molecule has 33 heavy (non-hydrogen) atoms. The van der Waals surface area contributed by atoms with Crippen LogP contribution in [-0.4, -0.2) is 68.1 Å². The van der Waals surface area contributed by atoms with Crippen molar-refractivity contribution in [3.05, 3.63) is 35.9 Å². The van der Waals surface area contributed by atoms with Crippen LogP contribution < -0.4 is 5.73 Å². The Morgan fingerprint density at radius 3 is 2.55 bits per heavy atom. The normalized spacial score (nSPS) is 20.7. The molecule has 2 aliphatic heterocycles. The highest BCUT2D eigenvalue weighted by Gasteiger charge is 2.49. The lowest BCUT2D eigenvalue weighted by Crippen LogP contribution is -2.47. The smallest absolute Gasteiger partial charge is 0.421 e. The summed E-state index contributed by atoms with van der Waals surface area (Å²) >= 11 is 0. The molecule has 2 aliphatic rings. The van der Waals surface area contributed by atoms with Gasteiger partial charge in [0.15, 0.2) is 0 Å². The number of carbonyl (C=O) groups excluding carboxylic acids is 3. The molecule has 3 rings (SSSR count). The Balaban J connectivity index is 1.44. The number of esters is 1. The summed E-state index contributed by atoms with van der Waals surface area (Å²) in [6.07, 6.45) is 1.75. The third kappa shape index (κ3) is 6.42. The van der Waals surface area contributed by atoms with E-state index < -0.39 is 45.8 Å². The number of fused-ring (bicyclic) bond motifs is 2. The lowest BCUT2D eigenvalue weighted by atomic mass is 9.89. The quantitative estimate of drug-likeness (QED) is 0.369. The number of carbonyl (C=O) groups is 3. The SMILES string of the molecule is CC(C)(CCCOC(=O)c1ccccc1)COS(=O)(=O)ON1C(=O)N2CC1CC[C@H]2C(N)=O. The molecule has 3 amide bonds. The molecule has 2 fully saturated rings. The number of hydrogen-bond donors (Lipinski definition) is 1. The highest BCUT2D eigenvalue weighted by Crippen LogP contribution is 2.31. The maximum Gasteiger partial charge on any atom is 0.421 e. The average molecular weight is 484 g/mol. The Hall–Kier alpha value is -2.70. The van der Waals surface area contributed by atoms with Crippen LogP contribution in [0.15, 0.2) is 30.3 Å². The molecule has 0 saturated carbocycles. The van der Waals surface area contributed by atoms with Gasteiger partial charge in [-0.25, -0.2) is 13.8 Å². The molecule has 1 aromatic rings. The number of primary amides is 1. The third-order valence-electron chi connectivity index (χ3n) is 5.66. The van der Waals surface area contributed by atoms with Crippen molar-refractivity contribution < 1.29 is 36.0 Å². The predicted molar refractivity (Wildman–Crippen MR) is 116 cm³/mol. The predicted octanol–water partition coefficient (Wildman–Crippen LogP) is 1.60. The number of amides is 3. The summed E-state index contributed by atoms with van der Waals surface area (Å²) in [5.41, 5.74) is 5.21. The maximum absolute atomic E-state index is 12.5. The minimum Gasteiger partial charge on any atom is -0.462 e. The molecule has 0 radical (unpaired) electrons. The van der Waals surface area contributed by atoms with Crippen LogP contribution in [0, 0.1) is 5.41 Å². The fraction of sp³-hybridized carbons (Fsp3) is 0.571. The summed E-state index contributed by atoms with van der Waals surface area (Å²) in [6, 6.07) is 6.61. The number of nitrogens with two attached hydrogens (primary N) is 1. The summed E-state index contributed by atoms with van der Waals surface area (Å²) in [4.78, 5) is 37.1. The van der Waals surface area contributed by atoms with Gasteiger partial charge in [0.1, 0.15) is 6.04 Å². The summed E-state index contributed by atoms with van der Waals surface area (Å²) in [5.74, 6) is -1.06. The molecular weight excluding hydrogens is 454 g/mol. The van der Waals surface area contributed by atoms with Gasteiger partial charge in [0.05, 0.1) is 24.8 Å². The molecule has 2 N–H and O–H groups in total. The van der Waals surface area contributed by atoms with E-state index >= 15 is 0 Å². The van der Waals surface area contributed by atoms with Gasteiger partial charge in [0.2, 0.25) is 5.91 Å². The van der Waals surface area contributed by atoms with Crippen molar-refractivity contribution in [1.82, 2.24) is 9.96 Å². The fourth-order valence-corrected chi connectivity index (χ4v) is 4.71. The van der Waals surface area contributed by atoms with Crippen molar-refractivity contribution in [3.8, 4) is 0 Å². The average Bonchev–Trinajstić information content (AvgIpc) is 3.00. The highest BCUT2D eigenvalue weighted by atomic mass is 32.3. The van der Waals surface area contributed by atoms with E-state index in [0.29, 0.717) is 31.2 Å². The van der Waals surface area contributed by atoms with Gasteiger partial charge in [-0.3, -0.25) is 4.79 Å². The molecular formula is C21H29N3O8S. The van der Waals surface area contributed by atoms with Gasteiger partial charge in [-0.2, -0.15) is 13.5 Å². The molecule has 2 atom stereocenters. The monoisotopic (exact) mass is 483 g/mol. The molecule has 2 bridgehead atoms. The van der Waals surface area contributed by atoms with Crippen molar-refractivity contribution in [3.63, 3.8) is 0 Å². The first-order valence-corrected chi connectivity index (χ1v) is 12.0. The number of benzene rings is 1. The van der Waals surface area contributed by atoms with E-state index in [9.17, 15) is 22.8 Å². The van der Waals surface area contributed by atoms with Crippen molar-refractivity contribution in [1.29, 1.82) is 0 Å². The summed E-state index contributed by atoms with van der Waals surface area (Å²) in [7, 11) is -4.51. The Morgan fingerprint density at radius 2 is 1.88 bits per heavy atom. The standard InChI is InChI=1S/C21H29N3O8S/c1-21(2,11-6-12-30-19(26)15-7-4-3-5-8-15)14-31-33(28,29)32-24-16-9-10-17(18(22)25)23(13-16)20(24)27/h3-5,7-8,16-17H,6,9-14H2,1-2H3,(H2,22,25)/t16?,17-/m0/s1. The first kappa shape index (κ1) is 24.9. The van der Waals surface area contributed by atoms with E-state index in [4.69, 9.17) is 18.9 Å². The van der Waals surface area contributed by atoms with E-state index in [0.717, 1.165) is 5.06 Å². The second-order valence-electron chi connectivity index (χ2n) is 8.92. The van der Waals surface area contributed by atoms with Crippen LogP contribution >= 0.6 is 0 Å². The maximum atomic E-state index is 12.5. The second kappa shape index (κ2) is 10.1. The molecule has 0 spiro atoms. The molecule has 182 valence electrons. The van der Waals surface area contributed by atoms with Crippen LogP contribution in [-0.2, 0) is 28.4 Å². The first-order chi connectivity index (χ1) is 15.5. The van der Waals surface area contributed by atoms with Gasteiger partial charge >= 0.3 is 22.4 Å². The highest BCUT2D eigenvalue weighted by molar-refractivity contribution is 7.81. The largest absolute Gasteiger partial charge is 0.462 e. The van der Waals surface area contributed by atoms with Crippen LogP contribution in [0.4, 0.5) is 4.79 Å². The van der Waals surface area contributed by atoms with E-state index in [1.54, 1.807) is 44.2 Å². The van der Waals surface area contributed by atoms with E-state index in [2.05, 4.69) is 0 Å². The molecule has 0 aliphatic carbocycles. The molecule has 12 heteroatoms. The van der Waals surface area contributed by atoms with Gasteiger partial charge in [0, 0.05) is 6.54 Å². The number of ether oxygens (including phenoxy) is 1. The molecule has 0 aromatic heterocycles.